The van der Waals surface area contributed by atoms with Gasteiger partial charge < -0.3 is 5.32 Å². The first-order valence-electron chi connectivity index (χ1n) is 6.31. The average Bonchev–Trinajstić information content (AvgIpc) is 2.75. The molecule has 2 atom stereocenters. The van der Waals surface area contributed by atoms with Crippen molar-refractivity contribution in [3.63, 3.8) is 0 Å². The molecule has 94 valence electrons. The van der Waals surface area contributed by atoms with Gasteiger partial charge in [0.15, 0.2) is 0 Å². The van der Waals surface area contributed by atoms with Gasteiger partial charge in [0.05, 0.1) is 5.25 Å². The molecule has 4 nitrogen and oxygen atoms in total. The van der Waals surface area contributed by atoms with Gasteiger partial charge >= 0.3 is 0 Å². The lowest BCUT2D eigenvalue weighted by Crippen LogP contribution is -2.50. The number of hydrogen-bond acceptors (Lipinski definition) is 3. The summed E-state index contributed by atoms with van der Waals surface area (Å²) in [4.78, 5) is 0. The van der Waals surface area contributed by atoms with Crippen LogP contribution in [0.4, 0.5) is 0 Å². The third-order valence-electron chi connectivity index (χ3n) is 3.84. The lowest BCUT2D eigenvalue weighted by Gasteiger charge is -2.30. The standard InChI is InChI=1S/C11H22N2O2S/c1-9-8-12-7-6-11(9)13-16(14,15)10-4-2-3-5-10/h9-13H,2-8H2,1H3. The second-order valence-corrected chi connectivity index (χ2v) is 7.14. The van der Waals surface area contributed by atoms with E-state index in [1.54, 1.807) is 0 Å². The molecule has 1 aliphatic carbocycles. The van der Waals surface area contributed by atoms with Crippen LogP contribution in [0.25, 0.3) is 0 Å². The molecule has 0 bridgehead atoms. The van der Waals surface area contributed by atoms with Gasteiger partial charge in [-0.1, -0.05) is 19.8 Å². The van der Waals surface area contributed by atoms with Gasteiger partial charge in [0.1, 0.15) is 0 Å². The summed E-state index contributed by atoms with van der Waals surface area (Å²) in [6.45, 7) is 3.94. The van der Waals surface area contributed by atoms with Crippen LogP contribution in [0.2, 0.25) is 0 Å². The fraction of sp³-hybridized carbons (Fsp3) is 1.00. The third-order valence-corrected chi connectivity index (χ3v) is 5.82. The molecule has 0 amide bonds. The van der Waals surface area contributed by atoms with Crippen molar-refractivity contribution in [1.29, 1.82) is 0 Å². The molecule has 0 radical (unpaired) electrons. The molecule has 2 unspecified atom stereocenters. The molecule has 1 saturated carbocycles. The van der Waals surface area contributed by atoms with Crippen LogP contribution in [0.5, 0.6) is 0 Å². The predicted molar refractivity (Wildman–Crippen MR) is 64.8 cm³/mol. The van der Waals surface area contributed by atoms with Gasteiger partial charge in [-0.25, -0.2) is 13.1 Å². The van der Waals surface area contributed by atoms with Crippen molar-refractivity contribution in [3.8, 4) is 0 Å². The topological polar surface area (TPSA) is 58.2 Å². The number of sulfonamides is 1. The molecule has 2 fully saturated rings. The maximum Gasteiger partial charge on any atom is 0.214 e. The minimum atomic E-state index is -3.07. The SMILES string of the molecule is CC1CNCCC1NS(=O)(=O)C1CCCC1. The second-order valence-electron chi connectivity index (χ2n) is 5.15. The maximum absolute atomic E-state index is 12.1. The van der Waals surface area contributed by atoms with E-state index in [0.717, 1.165) is 45.2 Å². The minimum Gasteiger partial charge on any atom is -0.316 e. The van der Waals surface area contributed by atoms with Gasteiger partial charge in [0.25, 0.3) is 0 Å². The van der Waals surface area contributed by atoms with E-state index in [2.05, 4.69) is 17.0 Å². The number of nitrogens with one attached hydrogen (secondary N) is 2. The summed E-state index contributed by atoms with van der Waals surface area (Å²) in [5, 5.41) is 3.15. The van der Waals surface area contributed by atoms with Crippen molar-refractivity contribution < 1.29 is 8.42 Å². The summed E-state index contributed by atoms with van der Waals surface area (Å²) in [6, 6.07) is 0.131. The van der Waals surface area contributed by atoms with Gasteiger partial charge in [-0.15, -0.1) is 0 Å². The molecule has 2 aliphatic rings. The molecule has 0 aromatic heterocycles. The van der Waals surface area contributed by atoms with Crippen LogP contribution in [0, 0.1) is 5.92 Å². The van der Waals surface area contributed by atoms with Crippen molar-refractivity contribution in [2.45, 2.75) is 50.3 Å². The van der Waals surface area contributed by atoms with Crippen LogP contribution in [-0.2, 0) is 10.0 Å². The Morgan fingerprint density at radius 2 is 1.88 bits per heavy atom. The summed E-state index contributed by atoms with van der Waals surface area (Å²) >= 11 is 0. The highest BCUT2D eigenvalue weighted by molar-refractivity contribution is 7.90. The Morgan fingerprint density at radius 3 is 2.50 bits per heavy atom. The Labute approximate surface area is 98.2 Å². The molecular weight excluding hydrogens is 224 g/mol. The van der Waals surface area contributed by atoms with E-state index in [1.165, 1.54) is 0 Å². The summed E-state index contributed by atoms with van der Waals surface area (Å²) in [5.74, 6) is 0.393. The molecule has 2 N–H and O–H groups in total. The Hall–Kier alpha value is -0.130. The van der Waals surface area contributed by atoms with Gasteiger partial charge in [-0.3, -0.25) is 0 Å². The number of piperidine rings is 1. The first-order chi connectivity index (χ1) is 7.59. The van der Waals surface area contributed by atoms with Crippen LogP contribution < -0.4 is 10.0 Å². The van der Waals surface area contributed by atoms with Crippen LogP contribution in [0.3, 0.4) is 0 Å². The van der Waals surface area contributed by atoms with Crippen LogP contribution in [0.1, 0.15) is 39.0 Å². The fourth-order valence-electron chi connectivity index (χ4n) is 2.70. The molecule has 1 heterocycles. The lowest BCUT2D eigenvalue weighted by atomic mass is 9.97. The molecule has 2 rings (SSSR count). The zero-order valence-corrected chi connectivity index (χ0v) is 10.7. The van der Waals surface area contributed by atoms with Crippen molar-refractivity contribution in [2.24, 2.45) is 5.92 Å². The summed E-state index contributed by atoms with van der Waals surface area (Å²) in [5.41, 5.74) is 0. The van der Waals surface area contributed by atoms with E-state index in [4.69, 9.17) is 0 Å². The molecule has 1 aliphatic heterocycles. The molecule has 0 aromatic rings. The third kappa shape index (κ3) is 2.76. The molecule has 16 heavy (non-hydrogen) atoms. The largest absolute Gasteiger partial charge is 0.316 e. The highest BCUT2D eigenvalue weighted by Crippen LogP contribution is 2.25. The highest BCUT2D eigenvalue weighted by atomic mass is 32.2. The first-order valence-corrected chi connectivity index (χ1v) is 7.86. The van der Waals surface area contributed by atoms with Crippen molar-refractivity contribution in [2.75, 3.05) is 13.1 Å². The lowest BCUT2D eigenvalue weighted by molar-refractivity contribution is 0.327. The molecule has 5 heteroatoms. The van der Waals surface area contributed by atoms with Gasteiger partial charge in [0, 0.05) is 6.04 Å². The van der Waals surface area contributed by atoms with Crippen LogP contribution in [0.15, 0.2) is 0 Å². The van der Waals surface area contributed by atoms with Crippen molar-refractivity contribution in [1.82, 2.24) is 10.0 Å². The quantitative estimate of drug-likeness (QED) is 0.776. The Balaban J connectivity index is 1.96. The van der Waals surface area contributed by atoms with Crippen LogP contribution >= 0.6 is 0 Å². The zero-order valence-electron chi connectivity index (χ0n) is 9.91. The predicted octanol–water partition coefficient (Wildman–Crippen LogP) is 0.846. The van der Waals surface area contributed by atoms with Crippen molar-refractivity contribution in [3.05, 3.63) is 0 Å². The minimum absolute atomic E-state index is 0.130. The molecule has 1 saturated heterocycles. The van der Waals surface area contributed by atoms with E-state index in [1.807, 2.05) is 0 Å². The smallest absolute Gasteiger partial charge is 0.214 e. The summed E-state index contributed by atoms with van der Waals surface area (Å²) < 4.78 is 27.1. The zero-order chi connectivity index (χ0) is 11.6. The highest BCUT2D eigenvalue weighted by Gasteiger charge is 2.32. The molecule has 0 aromatic carbocycles. The van der Waals surface area contributed by atoms with Gasteiger partial charge in [0.2, 0.25) is 10.0 Å². The number of rotatable bonds is 3. The second kappa shape index (κ2) is 5.02. The fourth-order valence-corrected chi connectivity index (χ4v) is 4.61. The maximum atomic E-state index is 12.1. The summed E-state index contributed by atoms with van der Waals surface area (Å²) in [6.07, 6.45) is 4.72. The number of hydrogen-bond donors (Lipinski definition) is 2. The Bertz CT molecular complexity index is 323. The molecular formula is C11H22N2O2S. The first kappa shape index (κ1) is 12.3. The summed E-state index contributed by atoms with van der Waals surface area (Å²) in [7, 11) is -3.07. The van der Waals surface area contributed by atoms with E-state index >= 15 is 0 Å². The van der Waals surface area contributed by atoms with Crippen molar-refractivity contribution >= 4 is 10.0 Å². The van der Waals surface area contributed by atoms with E-state index in [9.17, 15) is 8.42 Å². The Morgan fingerprint density at radius 1 is 1.19 bits per heavy atom. The van der Waals surface area contributed by atoms with E-state index < -0.39 is 10.0 Å². The van der Waals surface area contributed by atoms with Gasteiger partial charge in [-0.2, -0.15) is 0 Å². The average molecular weight is 246 g/mol. The van der Waals surface area contributed by atoms with Gasteiger partial charge in [-0.05, 0) is 38.3 Å². The molecule has 0 spiro atoms. The monoisotopic (exact) mass is 246 g/mol. The van der Waals surface area contributed by atoms with E-state index in [0.29, 0.717) is 5.92 Å². The normalized spacial score (nSPS) is 33.1. The Kier molecular flexibility index (Phi) is 3.87. The van der Waals surface area contributed by atoms with Crippen LogP contribution in [-0.4, -0.2) is 32.8 Å². The van der Waals surface area contributed by atoms with E-state index in [-0.39, 0.29) is 11.3 Å².